The van der Waals surface area contributed by atoms with Crippen molar-refractivity contribution < 1.29 is 0 Å². The predicted octanol–water partition coefficient (Wildman–Crippen LogP) is 1.73. The molecule has 0 aliphatic carbocycles. The molecule has 3 heteroatoms. The number of para-hydroxylation sites is 1. The van der Waals surface area contributed by atoms with Crippen molar-refractivity contribution in [2.45, 2.75) is 19.3 Å². The van der Waals surface area contributed by atoms with Gasteiger partial charge in [0.05, 0.1) is 0 Å². The van der Waals surface area contributed by atoms with Crippen molar-refractivity contribution in [1.29, 1.82) is 0 Å². The van der Waals surface area contributed by atoms with Crippen molar-refractivity contribution in [3.63, 3.8) is 0 Å². The number of hydrogen-bond acceptors (Lipinski definition) is 3. The Morgan fingerprint density at radius 2 is 1.89 bits per heavy atom. The van der Waals surface area contributed by atoms with E-state index in [0.717, 1.165) is 6.54 Å². The molecule has 2 aliphatic heterocycles. The number of nitrogens with one attached hydrogen (secondary N) is 1. The summed E-state index contributed by atoms with van der Waals surface area (Å²) in [7, 11) is 0. The zero-order valence-corrected chi connectivity index (χ0v) is 11.8. The second-order valence-electron chi connectivity index (χ2n) is 5.66. The molecule has 1 aromatic rings. The van der Waals surface area contributed by atoms with Gasteiger partial charge in [0.25, 0.3) is 0 Å². The van der Waals surface area contributed by atoms with E-state index >= 15 is 0 Å². The Bertz CT molecular complexity index is 397. The van der Waals surface area contributed by atoms with Crippen LogP contribution in [0.2, 0.25) is 0 Å². The van der Waals surface area contributed by atoms with Crippen LogP contribution in [-0.2, 0) is 6.42 Å². The fourth-order valence-electron chi connectivity index (χ4n) is 3.23. The van der Waals surface area contributed by atoms with Crippen LogP contribution in [0.15, 0.2) is 24.3 Å². The Morgan fingerprint density at radius 1 is 0.947 bits per heavy atom. The third kappa shape index (κ3) is 3.28. The molecule has 3 rings (SSSR count). The molecule has 1 fully saturated rings. The van der Waals surface area contributed by atoms with Gasteiger partial charge in [0, 0.05) is 38.4 Å². The number of fused-ring (bicyclic) bond motifs is 1. The number of anilines is 1. The SMILES string of the molecule is c1ccc2c(c1)CCCN2CCN1CCCNCC1. The van der Waals surface area contributed by atoms with E-state index in [9.17, 15) is 0 Å². The Labute approximate surface area is 116 Å². The number of aryl methyl sites for hydroxylation is 1. The van der Waals surface area contributed by atoms with Crippen LogP contribution in [0.3, 0.4) is 0 Å². The van der Waals surface area contributed by atoms with Crippen LogP contribution in [0, 0.1) is 0 Å². The van der Waals surface area contributed by atoms with E-state index in [1.54, 1.807) is 0 Å². The van der Waals surface area contributed by atoms with Crippen molar-refractivity contribution in [1.82, 2.24) is 10.2 Å². The summed E-state index contributed by atoms with van der Waals surface area (Å²) in [5.74, 6) is 0. The molecule has 0 aromatic heterocycles. The summed E-state index contributed by atoms with van der Waals surface area (Å²) < 4.78 is 0. The summed E-state index contributed by atoms with van der Waals surface area (Å²) in [5, 5.41) is 3.48. The average Bonchev–Trinajstić information content (AvgIpc) is 2.74. The lowest BCUT2D eigenvalue weighted by molar-refractivity contribution is 0.297. The molecule has 0 saturated carbocycles. The summed E-state index contributed by atoms with van der Waals surface area (Å²) in [5.41, 5.74) is 3.01. The molecule has 2 heterocycles. The van der Waals surface area contributed by atoms with Gasteiger partial charge in [0.1, 0.15) is 0 Å². The third-order valence-electron chi connectivity index (χ3n) is 4.33. The predicted molar refractivity (Wildman–Crippen MR) is 80.9 cm³/mol. The molecule has 0 spiro atoms. The van der Waals surface area contributed by atoms with E-state index in [4.69, 9.17) is 0 Å². The largest absolute Gasteiger partial charge is 0.370 e. The lowest BCUT2D eigenvalue weighted by Crippen LogP contribution is -2.39. The minimum atomic E-state index is 1.15. The van der Waals surface area contributed by atoms with Crippen LogP contribution >= 0.6 is 0 Å². The third-order valence-corrected chi connectivity index (χ3v) is 4.33. The van der Waals surface area contributed by atoms with Gasteiger partial charge < -0.3 is 15.1 Å². The molecular formula is C16H25N3. The quantitative estimate of drug-likeness (QED) is 0.892. The van der Waals surface area contributed by atoms with Crippen molar-refractivity contribution in [3.05, 3.63) is 29.8 Å². The molecule has 19 heavy (non-hydrogen) atoms. The lowest BCUT2D eigenvalue weighted by atomic mass is 10.0. The van der Waals surface area contributed by atoms with Gasteiger partial charge >= 0.3 is 0 Å². The van der Waals surface area contributed by atoms with Crippen molar-refractivity contribution >= 4 is 5.69 Å². The van der Waals surface area contributed by atoms with Crippen LogP contribution in [0.4, 0.5) is 5.69 Å². The first-order chi connectivity index (χ1) is 9.43. The summed E-state index contributed by atoms with van der Waals surface area (Å²) >= 11 is 0. The van der Waals surface area contributed by atoms with Gasteiger partial charge in [-0.25, -0.2) is 0 Å². The summed E-state index contributed by atoms with van der Waals surface area (Å²) in [6, 6.07) is 8.92. The van der Waals surface area contributed by atoms with Crippen LogP contribution in [0.5, 0.6) is 0 Å². The Morgan fingerprint density at radius 3 is 2.89 bits per heavy atom. The maximum absolute atomic E-state index is 3.48. The summed E-state index contributed by atoms with van der Waals surface area (Å²) in [6.45, 7) is 8.40. The molecule has 104 valence electrons. The van der Waals surface area contributed by atoms with Crippen molar-refractivity contribution in [2.75, 3.05) is 50.7 Å². The lowest BCUT2D eigenvalue weighted by Gasteiger charge is -2.33. The number of hydrogen-bond donors (Lipinski definition) is 1. The van der Waals surface area contributed by atoms with Gasteiger partial charge in [-0.2, -0.15) is 0 Å². The Balaban J connectivity index is 1.58. The minimum absolute atomic E-state index is 1.15. The van der Waals surface area contributed by atoms with E-state index in [2.05, 4.69) is 39.4 Å². The first-order valence-electron chi connectivity index (χ1n) is 7.69. The highest BCUT2D eigenvalue weighted by Gasteiger charge is 2.17. The van der Waals surface area contributed by atoms with Crippen molar-refractivity contribution in [2.24, 2.45) is 0 Å². The standard InChI is InChI=1S/C16H25N3/c1-2-7-16-15(5-1)6-3-11-19(16)14-13-18-10-4-8-17-9-12-18/h1-2,5,7,17H,3-4,6,8-14H2. The zero-order valence-electron chi connectivity index (χ0n) is 11.8. The second-order valence-corrected chi connectivity index (χ2v) is 5.66. The van der Waals surface area contributed by atoms with E-state index in [1.807, 2.05) is 0 Å². The van der Waals surface area contributed by atoms with Crippen LogP contribution in [0.25, 0.3) is 0 Å². The molecule has 0 radical (unpaired) electrons. The Hall–Kier alpha value is -1.06. The summed E-state index contributed by atoms with van der Waals surface area (Å²) in [6.07, 6.45) is 3.84. The highest BCUT2D eigenvalue weighted by atomic mass is 15.2. The zero-order chi connectivity index (χ0) is 12.9. The van der Waals surface area contributed by atoms with E-state index in [-0.39, 0.29) is 0 Å². The number of nitrogens with zero attached hydrogens (tertiary/aromatic N) is 2. The average molecular weight is 259 g/mol. The molecule has 1 aromatic carbocycles. The van der Waals surface area contributed by atoms with E-state index < -0.39 is 0 Å². The number of benzene rings is 1. The fourth-order valence-corrected chi connectivity index (χ4v) is 3.23. The molecule has 0 amide bonds. The Kier molecular flexibility index (Phi) is 4.36. The van der Waals surface area contributed by atoms with E-state index in [0.29, 0.717) is 0 Å². The molecule has 0 bridgehead atoms. The normalized spacial score (nSPS) is 20.9. The highest BCUT2D eigenvalue weighted by molar-refractivity contribution is 5.55. The fraction of sp³-hybridized carbons (Fsp3) is 0.625. The topological polar surface area (TPSA) is 18.5 Å². The minimum Gasteiger partial charge on any atom is -0.370 e. The van der Waals surface area contributed by atoms with Gasteiger partial charge in [-0.1, -0.05) is 18.2 Å². The van der Waals surface area contributed by atoms with Gasteiger partial charge in [-0.15, -0.1) is 0 Å². The molecular weight excluding hydrogens is 234 g/mol. The van der Waals surface area contributed by atoms with Gasteiger partial charge in [0.2, 0.25) is 0 Å². The molecule has 3 nitrogen and oxygen atoms in total. The monoisotopic (exact) mass is 259 g/mol. The highest BCUT2D eigenvalue weighted by Crippen LogP contribution is 2.26. The van der Waals surface area contributed by atoms with Gasteiger partial charge in [-0.3, -0.25) is 0 Å². The number of rotatable bonds is 3. The summed E-state index contributed by atoms with van der Waals surface area (Å²) in [4.78, 5) is 5.19. The molecule has 1 saturated heterocycles. The van der Waals surface area contributed by atoms with Crippen molar-refractivity contribution in [3.8, 4) is 0 Å². The maximum atomic E-state index is 3.48. The van der Waals surface area contributed by atoms with Crippen LogP contribution in [0.1, 0.15) is 18.4 Å². The molecule has 0 atom stereocenters. The maximum Gasteiger partial charge on any atom is 0.0399 e. The van der Waals surface area contributed by atoms with Gasteiger partial charge in [0.15, 0.2) is 0 Å². The molecule has 2 aliphatic rings. The van der Waals surface area contributed by atoms with Crippen LogP contribution < -0.4 is 10.2 Å². The first kappa shape index (κ1) is 12.9. The van der Waals surface area contributed by atoms with Crippen LogP contribution in [-0.4, -0.2) is 50.7 Å². The molecule has 0 unspecified atom stereocenters. The second kappa shape index (κ2) is 6.40. The van der Waals surface area contributed by atoms with Gasteiger partial charge in [-0.05, 0) is 44.0 Å². The smallest absolute Gasteiger partial charge is 0.0399 e. The van der Waals surface area contributed by atoms with E-state index in [1.165, 1.54) is 69.8 Å². The molecule has 1 N–H and O–H groups in total. The first-order valence-corrected chi connectivity index (χ1v) is 7.69.